The van der Waals surface area contributed by atoms with Gasteiger partial charge in [0.2, 0.25) is 0 Å². The predicted molar refractivity (Wildman–Crippen MR) is 136 cm³/mol. The molecule has 5 heterocycles. The fraction of sp³-hybridized carbons (Fsp3) is 0.417. The fourth-order valence-corrected chi connectivity index (χ4v) is 5.08. The molecular weight excluding hydrogens is 464 g/mol. The van der Waals surface area contributed by atoms with Gasteiger partial charge in [0.1, 0.15) is 5.60 Å². The largest absolute Gasteiger partial charge is 0.444 e. The fourth-order valence-electron chi connectivity index (χ4n) is 4.20. The maximum atomic E-state index is 12.4. The van der Waals surface area contributed by atoms with Gasteiger partial charge in [0.25, 0.3) is 0 Å². The molecule has 1 aliphatic rings. The number of piperazine rings is 1. The zero-order chi connectivity index (χ0) is 24.7. The van der Waals surface area contributed by atoms with Crippen LogP contribution in [0.1, 0.15) is 26.3 Å². The first-order chi connectivity index (χ1) is 16.7. The predicted octanol–water partition coefficient (Wildman–Crippen LogP) is 3.37. The molecule has 1 saturated heterocycles. The van der Waals surface area contributed by atoms with Crippen LogP contribution in [0.5, 0.6) is 0 Å². The molecule has 184 valence electrons. The Morgan fingerprint density at radius 1 is 1.11 bits per heavy atom. The zero-order valence-corrected chi connectivity index (χ0v) is 21.2. The van der Waals surface area contributed by atoms with Crippen molar-refractivity contribution in [1.29, 1.82) is 0 Å². The van der Waals surface area contributed by atoms with E-state index in [4.69, 9.17) is 15.5 Å². The summed E-state index contributed by atoms with van der Waals surface area (Å²) in [4.78, 5) is 21.4. The molecule has 0 aromatic carbocycles. The molecule has 2 N–H and O–H groups in total. The normalized spacial score (nSPS) is 14.7. The van der Waals surface area contributed by atoms with Crippen LogP contribution in [0.2, 0.25) is 0 Å². The van der Waals surface area contributed by atoms with Crippen LogP contribution in [0.4, 0.5) is 9.93 Å². The second-order valence-corrected chi connectivity index (χ2v) is 10.5. The molecule has 10 nitrogen and oxygen atoms in total. The molecule has 0 radical (unpaired) electrons. The zero-order valence-electron chi connectivity index (χ0n) is 20.4. The van der Waals surface area contributed by atoms with Gasteiger partial charge in [0, 0.05) is 79.8 Å². The van der Waals surface area contributed by atoms with E-state index in [1.807, 2.05) is 57.1 Å². The highest BCUT2D eigenvalue weighted by Crippen LogP contribution is 2.35. The van der Waals surface area contributed by atoms with Crippen molar-refractivity contribution < 1.29 is 9.53 Å². The Hall–Kier alpha value is -3.44. The number of rotatable bonds is 4. The summed E-state index contributed by atoms with van der Waals surface area (Å²) in [5.41, 5.74) is 11.3. The second-order valence-electron chi connectivity index (χ2n) is 9.68. The van der Waals surface area contributed by atoms with E-state index in [0.717, 1.165) is 38.6 Å². The third-order valence-corrected chi connectivity index (χ3v) is 6.82. The number of nitrogens with two attached hydrogens (primary N) is 1. The lowest BCUT2D eigenvalue weighted by Crippen LogP contribution is -2.50. The number of hydrogen-bond donors (Lipinski definition) is 1. The van der Waals surface area contributed by atoms with E-state index in [-0.39, 0.29) is 6.09 Å². The number of ether oxygens (including phenoxy) is 1. The van der Waals surface area contributed by atoms with Gasteiger partial charge < -0.3 is 20.3 Å². The van der Waals surface area contributed by atoms with Crippen LogP contribution in [-0.4, -0.2) is 67.2 Å². The first-order valence-electron chi connectivity index (χ1n) is 11.6. The summed E-state index contributed by atoms with van der Waals surface area (Å²) in [6.45, 7) is 8.66. The lowest BCUT2D eigenvalue weighted by Gasteiger charge is -2.35. The molecule has 0 saturated carbocycles. The number of hydrogen-bond acceptors (Lipinski definition) is 8. The second kappa shape index (κ2) is 8.97. The summed E-state index contributed by atoms with van der Waals surface area (Å²) in [6.07, 6.45) is 7.37. The van der Waals surface area contributed by atoms with E-state index in [1.165, 1.54) is 0 Å². The molecule has 0 aliphatic carbocycles. The van der Waals surface area contributed by atoms with Gasteiger partial charge in [0.15, 0.2) is 5.13 Å². The van der Waals surface area contributed by atoms with E-state index < -0.39 is 5.60 Å². The van der Waals surface area contributed by atoms with Gasteiger partial charge in [-0.2, -0.15) is 10.2 Å². The molecule has 11 heteroatoms. The van der Waals surface area contributed by atoms with Gasteiger partial charge in [-0.25, -0.2) is 14.3 Å². The molecule has 5 rings (SSSR count). The molecule has 1 fully saturated rings. The Labute approximate surface area is 207 Å². The van der Waals surface area contributed by atoms with Crippen molar-refractivity contribution in [1.82, 2.24) is 29.3 Å². The molecule has 1 amide bonds. The van der Waals surface area contributed by atoms with Crippen molar-refractivity contribution in [3.05, 3.63) is 41.8 Å². The number of anilines is 1. The lowest BCUT2D eigenvalue weighted by atomic mass is 10.0. The minimum Gasteiger partial charge on any atom is -0.444 e. The smallest absolute Gasteiger partial charge is 0.410 e. The average molecular weight is 495 g/mol. The van der Waals surface area contributed by atoms with E-state index in [2.05, 4.69) is 26.5 Å². The van der Waals surface area contributed by atoms with Gasteiger partial charge in [-0.15, -0.1) is 11.3 Å². The summed E-state index contributed by atoms with van der Waals surface area (Å²) in [5, 5.41) is 11.9. The monoisotopic (exact) mass is 494 g/mol. The van der Waals surface area contributed by atoms with Crippen LogP contribution < -0.4 is 10.6 Å². The number of aryl methyl sites for hydroxylation is 1. The van der Waals surface area contributed by atoms with Crippen molar-refractivity contribution in [2.45, 2.75) is 32.9 Å². The number of amides is 1. The molecule has 0 atom stereocenters. The molecule has 0 spiro atoms. The third kappa shape index (κ3) is 4.73. The maximum absolute atomic E-state index is 12.4. The van der Waals surface area contributed by atoms with E-state index >= 15 is 0 Å². The first kappa shape index (κ1) is 23.3. The lowest BCUT2D eigenvalue weighted by molar-refractivity contribution is 0.0240. The number of nitrogens with zero attached hydrogens (tertiary/aromatic N) is 7. The minimum atomic E-state index is -0.496. The maximum Gasteiger partial charge on any atom is 0.410 e. The Morgan fingerprint density at radius 2 is 1.89 bits per heavy atom. The van der Waals surface area contributed by atoms with Crippen LogP contribution in [-0.2, 0) is 18.3 Å². The standard InChI is InChI=1S/C24H30N8O2S/c1-24(2,3)34-23(33)31-7-5-30(6-8-31)22-28-20(15-35-22)19-9-16(18-12-26-29(4)13-18)14-32-21(19)17(10-25)11-27-32/h9,11-15H,5-8,10,25H2,1-4H3. The highest BCUT2D eigenvalue weighted by Gasteiger charge is 2.27. The van der Waals surface area contributed by atoms with Crippen LogP contribution in [0, 0.1) is 0 Å². The number of carbonyl (C=O) groups excluding carboxylic acids is 1. The molecule has 4 aromatic heterocycles. The first-order valence-corrected chi connectivity index (χ1v) is 12.5. The number of fused-ring (bicyclic) bond motifs is 1. The van der Waals surface area contributed by atoms with Crippen LogP contribution in [0.25, 0.3) is 27.9 Å². The summed E-state index contributed by atoms with van der Waals surface area (Å²) in [6, 6.07) is 2.13. The Bertz CT molecular complexity index is 1360. The molecule has 0 bridgehead atoms. The minimum absolute atomic E-state index is 0.262. The van der Waals surface area contributed by atoms with Crippen LogP contribution in [0.15, 0.2) is 36.2 Å². The molecule has 35 heavy (non-hydrogen) atoms. The quantitative estimate of drug-likeness (QED) is 0.463. The number of carbonyl (C=O) groups is 1. The Kier molecular flexibility index (Phi) is 5.97. The van der Waals surface area contributed by atoms with Crippen molar-refractivity contribution in [3.63, 3.8) is 0 Å². The van der Waals surface area contributed by atoms with Gasteiger partial charge >= 0.3 is 6.09 Å². The van der Waals surface area contributed by atoms with Crippen LogP contribution in [0.3, 0.4) is 0 Å². The summed E-state index contributed by atoms with van der Waals surface area (Å²) >= 11 is 1.60. The van der Waals surface area contributed by atoms with Crippen molar-refractivity contribution in [2.24, 2.45) is 12.8 Å². The van der Waals surface area contributed by atoms with Crippen molar-refractivity contribution in [2.75, 3.05) is 31.1 Å². The SMILES string of the molecule is Cn1cc(-c2cc(-c3csc(N4CCN(C(=O)OC(C)(C)C)CC4)n3)c3c(CN)cnn3c2)cn1. The number of thiazole rings is 1. The summed E-state index contributed by atoms with van der Waals surface area (Å²) in [7, 11) is 1.90. The van der Waals surface area contributed by atoms with Gasteiger partial charge in [0.05, 0.1) is 23.6 Å². The van der Waals surface area contributed by atoms with Gasteiger partial charge in [-0.1, -0.05) is 0 Å². The third-order valence-electron chi connectivity index (χ3n) is 5.92. The highest BCUT2D eigenvalue weighted by molar-refractivity contribution is 7.14. The van der Waals surface area contributed by atoms with Gasteiger partial charge in [-0.05, 0) is 26.8 Å². The van der Waals surface area contributed by atoms with Gasteiger partial charge in [-0.3, -0.25) is 4.68 Å². The molecule has 4 aromatic rings. The van der Waals surface area contributed by atoms with E-state index in [0.29, 0.717) is 32.7 Å². The highest BCUT2D eigenvalue weighted by atomic mass is 32.1. The number of pyridine rings is 1. The Morgan fingerprint density at radius 3 is 2.54 bits per heavy atom. The summed E-state index contributed by atoms with van der Waals surface area (Å²) in [5.74, 6) is 0. The topological polar surface area (TPSA) is 107 Å². The van der Waals surface area contributed by atoms with E-state index in [1.54, 1.807) is 20.9 Å². The number of aromatic nitrogens is 5. The molecular formula is C24H30N8O2S. The van der Waals surface area contributed by atoms with Crippen molar-refractivity contribution in [3.8, 4) is 22.4 Å². The van der Waals surface area contributed by atoms with Crippen molar-refractivity contribution >= 4 is 28.1 Å². The molecule has 1 aliphatic heterocycles. The summed E-state index contributed by atoms with van der Waals surface area (Å²) < 4.78 is 9.17. The van der Waals surface area contributed by atoms with E-state index in [9.17, 15) is 4.79 Å². The average Bonchev–Trinajstić information content (AvgIpc) is 3.57. The molecule has 0 unspecified atom stereocenters. The Balaban J connectivity index is 1.41. The van der Waals surface area contributed by atoms with Crippen LogP contribution >= 0.6 is 11.3 Å².